The van der Waals surface area contributed by atoms with Crippen LogP contribution in [0, 0.1) is 0 Å². The Hall–Kier alpha value is -2.77. The number of ether oxygens (including phenoxy) is 1. The summed E-state index contributed by atoms with van der Waals surface area (Å²) in [5.74, 6) is -0.739. The Bertz CT molecular complexity index is 657. The number of aromatic nitrogens is 1. The summed E-state index contributed by atoms with van der Waals surface area (Å²) < 4.78 is 41.2. The highest BCUT2D eigenvalue weighted by atomic mass is 19.4. The van der Waals surface area contributed by atoms with Gasteiger partial charge in [-0.3, -0.25) is 4.79 Å². The van der Waals surface area contributed by atoms with Crippen LogP contribution in [0.2, 0.25) is 0 Å². The van der Waals surface area contributed by atoms with Gasteiger partial charge in [-0.15, -0.1) is 13.2 Å². The molecule has 1 amide bonds. The average Bonchev–Trinajstić information content (AvgIpc) is 2.39. The molecule has 8 heteroatoms. The predicted octanol–water partition coefficient (Wildman–Crippen LogP) is 2.22. The van der Waals surface area contributed by atoms with Crippen LogP contribution in [0.5, 0.6) is 11.5 Å². The second kappa shape index (κ2) is 6.33. The molecule has 1 heterocycles. The van der Waals surface area contributed by atoms with E-state index in [-0.39, 0.29) is 24.0 Å². The number of alkyl halides is 3. The summed E-state index contributed by atoms with van der Waals surface area (Å²) in [6.07, 6.45) is -1.78. The van der Waals surface area contributed by atoms with Gasteiger partial charge in [0.25, 0.3) is 5.91 Å². The topological polar surface area (TPSA) is 62.4 Å². The van der Waals surface area contributed by atoms with E-state index in [1.807, 2.05) is 0 Å². The fourth-order valence-electron chi connectivity index (χ4n) is 1.71. The van der Waals surface area contributed by atoms with Gasteiger partial charge in [0.05, 0.1) is 0 Å². The van der Waals surface area contributed by atoms with E-state index in [9.17, 15) is 23.1 Å². The molecule has 0 unspecified atom stereocenters. The number of nitrogens with zero attached hydrogens (tertiary/aromatic N) is 1. The lowest BCUT2D eigenvalue weighted by atomic mass is 10.3. The molecule has 0 spiro atoms. The molecule has 0 saturated heterocycles. The molecule has 1 aromatic carbocycles. The van der Waals surface area contributed by atoms with Gasteiger partial charge in [-0.1, -0.05) is 0 Å². The maximum Gasteiger partial charge on any atom is 0.573 e. The van der Waals surface area contributed by atoms with E-state index < -0.39 is 6.36 Å². The van der Waals surface area contributed by atoms with Crippen LogP contribution >= 0.6 is 0 Å². The lowest BCUT2D eigenvalue weighted by Gasteiger charge is -2.09. The Morgan fingerprint density at radius 3 is 2.50 bits per heavy atom. The van der Waals surface area contributed by atoms with E-state index in [2.05, 4.69) is 10.1 Å². The molecule has 5 nitrogen and oxygen atoms in total. The molecule has 116 valence electrons. The molecule has 1 aromatic heterocycles. The molecular formula is C14H12F3N2O3+. The summed E-state index contributed by atoms with van der Waals surface area (Å²) in [5, 5.41) is 11.8. The third-order valence-electron chi connectivity index (χ3n) is 2.54. The van der Waals surface area contributed by atoms with E-state index in [4.69, 9.17) is 0 Å². The highest BCUT2D eigenvalue weighted by Crippen LogP contribution is 2.23. The zero-order valence-corrected chi connectivity index (χ0v) is 11.2. The molecule has 22 heavy (non-hydrogen) atoms. The van der Waals surface area contributed by atoms with Gasteiger partial charge in [0, 0.05) is 11.8 Å². The normalized spacial score (nSPS) is 11.0. The van der Waals surface area contributed by atoms with Crippen molar-refractivity contribution in [1.82, 2.24) is 0 Å². The largest absolute Gasteiger partial charge is 0.573 e. The number of carbonyl (C=O) groups is 1. The minimum absolute atomic E-state index is 0.0175. The van der Waals surface area contributed by atoms with Crippen LogP contribution in [0.1, 0.15) is 0 Å². The zero-order valence-electron chi connectivity index (χ0n) is 11.2. The molecule has 0 aliphatic heterocycles. The van der Waals surface area contributed by atoms with Gasteiger partial charge < -0.3 is 15.2 Å². The van der Waals surface area contributed by atoms with Crippen molar-refractivity contribution < 1.29 is 32.4 Å². The van der Waals surface area contributed by atoms with Crippen molar-refractivity contribution in [3.63, 3.8) is 0 Å². The van der Waals surface area contributed by atoms with Gasteiger partial charge in [-0.25, -0.2) is 0 Å². The summed E-state index contributed by atoms with van der Waals surface area (Å²) in [4.78, 5) is 11.8. The van der Waals surface area contributed by atoms with Gasteiger partial charge >= 0.3 is 6.36 Å². The molecule has 0 fully saturated rings. The number of aromatic hydroxyl groups is 1. The second-order valence-corrected chi connectivity index (χ2v) is 4.35. The first-order valence-corrected chi connectivity index (χ1v) is 6.15. The highest BCUT2D eigenvalue weighted by molar-refractivity contribution is 5.89. The smallest absolute Gasteiger partial charge is 0.503 e. The van der Waals surface area contributed by atoms with Gasteiger partial charge in [0.15, 0.2) is 11.9 Å². The number of hydrogen-bond donors (Lipinski definition) is 2. The quantitative estimate of drug-likeness (QED) is 0.851. The first kappa shape index (κ1) is 15.6. The summed E-state index contributed by atoms with van der Waals surface area (Å²) in [7, 11) is 0. The van der Waals surface area contributed by atoms with E-state index in [0.717, 1.165) is 12.1 Å². The van der Waals surface area contributed by atoms with E-state index in [1.54, 1.807) is 12.3 Å². The molecule has 0 saturated carbocycles. The van der Waals surface area contributed by atoms with Crippen molar-refractivity contribution in [1.29, 1.82) is 0 Å². The predicted molar refractivity (Wildman–Crippen MR) is 70.1 cm³/mol. The maximum absolute atomic E-state index is 12.0. The van der Waals surface area contributed by atoms with E-state index >= 15 is 0 Å². The van der Waals surface area contributed by atoms with Crippen LogP contribution in [0.3, 0.4) is 0 Å². The third kappa shape index (κ3) is 4.97. The van der Waals surface area contributed by atoms with Crippen molar-refractivity contribution >= 4 is 11.6 Å². The minimum Gasteiger partial charge on any atom is -0.503 e. The summed E-state index contributed by atoms with van der Waals surface area (Å²) in [6, 6.07) is 7.84. The fraction of sp³-hybridized carbons (Fsp3) is 0.143. The number of amides is 1. The van der Waals surface area contributed by atoms with Gasteiger partial charge in [0.2, 0.25) is 12.7 Å². The van der Waals surface area contributed by atoms with Crippen molar-refractivity contribution in [2.75, 3.05) is 5.32 Å². The van der Waals surface area contributed by atoms with E-state index in [1.165, 1.54) is 29.0 Å². The first-order chi connectivity index (χ1) is 10.3. The van der Waals surface area contributed by atoms with Crippen molar-refractivity contribution in [2.24, 2.45) is 0 Å². The molecule has 0 radical (unpaired) electrons. The van der Waals surface area contributed by atoms with Crippen LogP contribution in [-0.2, 0) is 11.3 Å². The number of halogens is 3. The lowest BCUT2D eigenvalue weighted by Crippen LogP contribution is -2.39. The number of nitrogens with one attached hydrogen (secondary N) is 1. The number of rotatable bonds is 4. The Kier molecular flexibility index (Phi) is 4.50. The molecule has 2 rings (SSSR count). The monoisotopic (exact) mass is 313 g/mol. The number of pyridine rings is 1. The fourth-order valence-corrected chi connectivity index (χ4v) is 1.71. The average molecular weight is 313 g/mol. The first-order valence-electron chi connectivity index (χ1n) is 6.15. The van der Waals surface area contributed by atoms with Crippen LogP contribution in [0.4, 0.5) is 18.9 Å². The van der Waals surface area contributed by atoms with E-state index in [0.29, 0.717) is 5.69 Å². The molecule has 0 atom stereocenters. The Balaban J connectivity index is 1.94. The van der Waals surface area contributed by atoms with Gasteiger partial charge in [0.1, 0.15) is 5.75 Å². The molecule has 0 aliphatic carbocycles. The van der Waals surface area contributed by atoms with Gasteiger partial charge in [-0.05, 0) is 30.3 Å². The zero-order chi connectivity index (χ0) is 16.2. The number of benzene rings is 1. The number of hydrogen-bond acceptors (Lipinski definition) is 3. The number of carbonyl (C=O) groups excluding carboxylic acids is 1. The second-order valence-electron chi connectivity index (χ2n) is 4.35. The summed E-state index contributed by atoms with van der Waals surface area (Å²) in [5.41, 5.74) is 0.334. The molecule has 0 bridgehead atoms. The third-order valence-corrected chi connectivity index (χ3v) is 2.54. The maximum atomic E-state index is 12.0. The van der Waals surface area contributed by atoms with Crippen LogP contribution < -0.4 is 14.6 Å². The molecular weight excluding hydrogens is 301 g/mol. The van der Waals surface area contributed by atoms with Crippen molar-refractivity contribution in [2.45, 2.75) is 12.9 Å². The Morgan fingerprint density at radius 1 is 1.23 bits per heavy atom. The van der Waals surface area contributed by atoms with Crippen LogP contribution in [-0.4, -0.2) is 17.4 Å². The molecule has 2 aromatic rings. The minimum atomic E-state index is -4.75. The Labute approximate surface area is 123 Å². The highest BCUT2D eigenvalue weighted by Gasteiger charge is 2.30. The van der Waals surface area contributed by atoms with Crippen LogP contribution in [0.15, 0.2) is 48.8 Å². The SMILES string of the molecule is O=C(C[n+]1cccc(O)c1)Nc1ccc(OC(F)(F)F)cc1. The van der Waals surface area contributed by atoms with Crippen LogP contribution in [0.25, 0.3) is 0 Å². The van der Waals surface area contributed by atoms with Crippen molar-refractivity contribution in [3.05, 3.63) is 48.8 Å². The standard InChI is InChI=1S/C14H11F3N2O3/c15-14(16,17)22-12-5-3-10(4-6-12)18-13(21)9-19-7-1-2-11(20)8-19/h1-8H,9H2,(H-,18,20,21)/p+1. The molecule has 0 aliphatic rings. The summed E-state index contributed by atoms with van der Waals surface area (Å²) >= 11 is 0. The lowest BCUT2D eigenvalue weighted by molar-refractivity contribution is -0.684. The summed E-state index contributed by atoms with van der Waals surface area (Å²) in [6.45, 7) is -0.0464. The van der Waals surface area contributed by atoms with Crippen molar-refractivity contribution in [3.8, 4) is 11.5 Å². The molecule has 2 N–H and O–H groups in total. The Morgan fingerprint density at radius 2 is 1.91 bits per heavy atom. The number of anilines is 1. The van der Waals surface area contributed by atoms with Gasteiger partial charge in [-0.2, -0.15) is 4.57 Å².